The molecule has 5 nitrogen and oxygen atoms in total. The number of carbonyl (C=O) groups excluding carboxylic acids is 1. The minimum atomic E-state index is -0.152. The lowest BCUT2D eigenvalue weighted by Crippen LogP contribution is -2.39. The maximum Gasteiger partial charge on any atom is 0.258 e. The van der Waals surface area contributed by atoms with E-state index < -0.39 is 0 Å². The summed E-state index contributed by atoms with van der Waals surface area (Å²) in [6.45, 7) is 2.77. The van der Waals surface area contributed by atoms with E-state index in [4.69, 9.17) is 0 Å². The zero-order valence-electron chi connectivity index (χ0n) is 16.1. The zero-order chi connectivity index (χ0) is 19.5. The highest BCUT2D eigenvalue weighted by atomic mass is 16.2. The second-order valence-corrected chi connectivity index (χ2v) is 7.62. The molecule has 28 heavy (non-hydrogen) atoms. The van der Waals surface area contributed by atoms with Crippen LogP contribution in [0.25, 0.3) is 10.9 Å². The number of fused-ring (bicyclic) bond motifs is 1. The summed E-state index contributed by atoms with van der Waals surface area (Å²) in [6, 6.07) is 17.6. The quantitative estimate of drug-likeness (QED) is 0.685. The maximum atomic E-state index is 13.0. The standard InChI is InChI=1S/C23H25N3O2/c1-16(18-11-12-18)26(15-17-7-3-2-4-8-17)22(27)14-13-21-24-20-10-6-5-9-19(20)23(28)25-21/h2-10,16,18H,11-15H2,1H3,(H,24,25,28). The molecule has 4 rings (SSSR count). The molecule has 0 saturated heterocycles. The Morgan fingerprint density at radius 2 is 1.86 bits per heavy atom. The van der Waals surface area contributed by atoms with E-state index in [-0.39, 0.29) is 17.5 Å². The third-order valence-electron chi connectivity index (χ3n) is 5.55. The van der Waals surface area contributed by atoms with E-state index in [1.54, 1.807) is 6.07 Å². The number of aromatic amines is 1. The molecule has 0 bridgehead atoms. The van der Waals surface area contributed by atoms with Crippen molar-refractivity contribution in [1.82, 2.24) is 14.9 Å². The molecule has 1 aliphatic rings. The molecule has 5 heteroatoms. The monoisotopic (exact) mass is 375 g/mol. The van der Waals surface area contributed by atoms with Gasteiger partial charge in [0.05, 0.1) is 10.9 Å². The second-order valence-electron chi connectivity index (χ2n) is 7.62. The molecular weight excluding hydrogens is 350 g/mol. The van der Waals surface area contributed by atoms with Crippen molar-refractivity contribution >= 4 is 16.8 Å². The Kier molecular flexibility index (Phi) is 5.24. The number of amides is 1. The van der Waals surface area contributed by atoms with Gasteiger partial charge in [0.15, 0.2) is 0 Å². The molecule has 1 amide bonds. The van der Waals surface area contributed by atoms with Gasteiger partial charge in [-0.15, -0.1) is 0 Å². The van der Waals surface area contributed by atoms with Crippen LogP contribution in [0.15, 0.2) is 59.4 Å². The summed E-state index contributed by atoms with van der Waals surface area (Å²) in [5.41, 5.74) is 1.65. The van der Waals surface area contributed by atoms with Crippen LogP contribution in [-0.4, -0.2) is 26.8 Å². The number of benzene rings is 2. The first-order chi connectivity index (χ1) is 13.6. The van der Waals surface area contributed by atoms with Gasteiger partial charge in [0.25, 0.3) is 5.56 Å². The lowest BCUT2D eigenvalue weighted by atomic mass is 10.1. The normalized spacial score (nSPS) is 14.8. The average Bonchev–Trinajstić information content (AvgIpc) is 3.56. The van der Waals surface area contributed by atoms with Crippen molar-refractivity contribution < 1.29 is 4.79 Å². The molecular formula is C23H25N3O2. The molecule has 1 heterocycles. The van der Waals surface area contributed by atoms with E-state index in [0.29, 0.717) is 42.0 Å². The Balaban J connectivity index is 1.49. The number of hydrogen-bond acceptors (Lipinski definition) is 3. The molecule has 1 unspecified atom stereocenters. The van der Waals surface area contributed by atoms with Crippen LogP contribution in [0.5, 0.6) is 0 Å². The molecule has 1 saturated carbocycles. The van der Waals surface area contributed by atoms with Gasteiger partial charge in [-0.05, 0) is 43.4 Å². The predicted molar refractivity (Wildman–Crippen MR) is 110 cm³/mol. The number of rotatable bonds is 7. The third kappa shape index (κ3) is 4.14. The first kappa shape index (κ1) is 18.4. The number of nitrogens with zero attached hydrogens (tertiary/aromatic N) is 2. The molecule has 1 aromatic heterocycles. The first-order valence-corrected chi connectivity index (χ1v) is 9.93. The smallest absolute Gasteiger partial charge is 0.258 e. The van der Waals surface area contributed by atoms with Crippen molar-refractivity contribution in [1.29, 1.82) is 0 Å². The highest BCUT2D eigenvalue weighted by molar-refractivity contribution is 5.78. The topological polar surface area (TPSA) is 66.1 Å². The molecule has 0 spiro atoms. The molecule has 2 aromatic carbocycles. The van der Waals surface area contributed by atoms with Gasteiger partial charge in [-0.2, -0.15) is 0 Å². The van der Waals surface area contributed by atoms with E-state index in [0.717, 1.165) is 5.56 Å². The SMILES string of the molecule is CC(C1CC1)N(Cc1ccccc1)C(=O)CCc1nc2ccccc2c(=O)[nH]1. The van der Waals surface area contributed by atoms with Crippen LogP contribution < -0.4 is 5.56 Å². The molecule has 1 fully saturated rings. The Bertz CT molecular complexity index is 1020. The highest BCUT2D eigenvalue weighted by Crippen LogP contribution is 2.36. The van der Waals surface area contributed by atoms with E-state index in [1.165, 1.54) is 12.8 Å². The number of para-hydroxylation sites is 1. The zero-order valence-corrected chi connectivity index (χ0v) is 16.1. The maximum absolute atomic E-state index is 13.0. The van der Waals surface area contributed by atoms with Gasteiger partial charge in [-0.3, -0.25) is 9.59 Å². The van der Waals surface area contributed by atoms with Crippen LogP contribution in [0, 0.1) is 5.92 Å². The fourth-order valence-corrected chi connectivity index (χ4v) is 3.69. The van der Waals surface area contributed by atoms with Crippen LogP contribution in [0.3, 0.4) is 0 Å². The van der Waals surface area contributed by atoms with Crippen LogP contribution in [0.1, 0.15) is 37.6 Å². The van der Waals surface area contributed by atoms with Gasteiger partial charge in [0.2, 0.25) is 5.91 Å². The lowest BCUT2D eigenvalue weighted by Gasteiger charge is -2.30. The predicted octanol–water partition coefficient (Wildman–Crippen LogP) is 3.68. The molecule has 1 N–H and O–H groups in total. The van der Waals surface area contributed by atoms with Crippen molar-refractivity contribution in [2.24, 2.45) is 5.92 Å². The van der Waals surface area contributed by atoms with E-state index in [9.17, 15) is 9.59 Å². The van der Waals surface area contributed by atoms with Crippen molar-refractivity contribution in [3.63, 3.8) is 0 Å². The van der Waals surface area contributed by atoms with Gasteiger partial charge in [0, 0.05) is 25.4 Å². The van der Waals surface area contributed by atoms with Gasteiger partial charge < -0.3 is 9.88 Å². The van der Waals surface area contributed by atoms with E-state index in [1.807, 2.05) is 41.3 Å². The first-order valence-electron chi connectivity index (χ1n) is 9.93. The molecule has 0 aliphatic heterocycles. The largest absolute Gasteiger partial charge is 0.335 e. The summed E-state index contributed by atoms with van der Waals surface area (Å²) in [6.07, 6.45) is 3.16. The number of H-pyrrole nitrogens is 1. The lowest BCUT2D eigenvalue weighted by molar-refractivity contribution is -0.134. The summed E-state index contributed by atoms with van der Waals surface area (Å²) < 4.78 is 0. The van der Waals surface area contributed by atoms with Gasteiger partial charge >= 0.3 is 0 Å². The number of hydrogen-bond donors (Lipinski definition) is 1. The fraction of sp³-hybridized carbons (Fsp3) is 0.348. The van der Waals surface area contributed by atoms with Crippen molar-refractivity contribution in [3.05, 3.63) is 76.3 Å². The Morgan fingerprint density at radius 1 is 1.14 bits per heavy atom. The summed E-state index contributed by atoms with van der Waals surface area (Å²) >= 11 is 0. The van der Waals surface area contributed by atoms with Crippen LogP contribution in [0.4, 0.5) is 0 Å². The van der Waals surface area contributed by atoms with Crippen molar-refractivity contribution in [2.45, 2.75) is 45.2 Å². The molecule has 3 aromatic rings. The number of carbonyl (C=O) groups is 1. The van der Waals surface area contributed by atoms with E-state index >= 15 is 0 Å². The summed E-state index contributed by atoms with van der Waals surface area (Å²) in [5, 5.41) is 0.575. The van der Waals surface area contributed by atoms with Crippen molar-refractivity contribution in [3.8, 4) is 0 Å². The van der Waals surface area contributed by atoms with Gasteiger partial charge in [-0.25, -0.2) is 4.98 Å². The Hall–Kier alpha value is -2.95. The van der Waals surface area contributed by atoms with E-state index in [2.05, 4.69) is 29.0 Å². The van der Waals surface area contributed by atoms with Gasteiger partial charge in [0.1, 0.15) is 5.82 Å². The summed E-state index contributed by atoms with van der Waals surface area (Å²) in [7, 11) is 0. The summed E-state index contributed by atoms with van der Waals surface area (Å²) in [4.78, 5) is 34.6. The average molecular weight is 375 g/mol. The molecule has 144 valence electrons. The second kappa shape index (κ2) is 7.97. The third-order valence-corrected chi connectivity index (χ3v) is 5.55. The van der Waals surface area contributed by atoms with Gasteiger partial charge in [-0.1, -0.05) is 42.5 Å². The number of nitrogens with one attached hydrogen (secondary N) is 1. The van der Waals surface area contributed by atoms with Crippen LogP contribution in [0.2, 0.25) is 0 Å². The summed E-state index contributed by atoms with van der Waals surface area (Å²) in [5.74, 6) is 1.28. The van der Waals surface area contributed by atoms with Crippen molar-refractivity contribution in [2.75, 3.05) is 0 Å². The fourth-order valence-electron chi connectivity index (χ4n) is 3.69. The minimum Gasteiger partial charge on any atom is -0.335 e. The molecule has 0 radical (unpaired) electrons. The molecule has 1 aliphatic carbocycles. The molecule has 1 atom stereocenters. The minimum absolute atomic E-state index is 0.110. The highest BCUT2D eigenvalue weighted by Gasteiger charge is 2.34. The van der Waals surface area contributed by atoms with Crippen LogP contribution >= 0.6 is 0 Å². The number of aryl methyl sites for hydroxylation is 1. The Labute approximate surface area is 164 Å². The Morgan fingerprint density at radius 3 is 2.61 bits per heavy atom. The number of aromatic nitrogens is 2. The van der Waals surface area contributed by atoms with Crippen LogP contribution in [-0.2, 0) is 17.8 Å².